The average molecular weight is 244 g/mol. The minimum atomic E-state index is -0.831. The van der Waals surface area contributed by atoms with Crippen molar-refractivity contribution in [3.8, 4) is 0 Å². The molecule has 3 nitrogen and oxygen atoms in total. The molecule has 0 aromatic carbocycles. The number of ether oxygens (including phenoxy) is 1. The number of hydrogen-bond donors (Lipinski definition) is 1. The van der Waals surface area contributed by atoms with Gasteiger partial charge in [0.2, 0.25) is 0 Å². The van der Waals surface area contributed by atoms with Gasteiger partial charge in [0.1, 0.15) is 0 Å². The summed E-state index contributed by atoms with van der Waals surface area (Å²) >= 11 is 0. The van der Waals surface area contributed by atoms with Crippen molar-refractivity contribution in [3.05, 3.63) is 0 Å². The van der Waals surface area contributed by atoms with Crippen LogP contribution < -0.4 is 0 Å². The van der Waals surface area contributed by atoms with Gasteiger partial charge >= 0.3 is 5.97 Å². The molecule has 1 aliphatic rings. The van der Waals surface area contributed by atoms with Gasteiger partial charge in [0.25, 0.3) is 0 Å². The zero-order valence-corrected chi connectivity index (χ0v) is 8.47. The van der Waals surface area contributed by atoms with E-state index >= 15 is 0 Å². The second-order valence-electron chi connectivity index (χ2n) is 1.84. The van der Waals surface area contributed by atoms with Crippen molar-refractivity contribution in [2.75, 3.05) is 6.61 Å². The molecule has 0 aromatic heterocycles. The van der Waals surface area contributed by atoms with Gasteiger partial charge in [-0.1, -0.05) is 0 Å². The summed E-state index contributed by atoms with van der Waals surface area (Å²) in [4.78, 5) is 10.1. The first-order valence-corrected chi connectivity index (χ1v) is 2.65. The van der Waals surface area contributed by atoms with E-state index in [-0.39, 0.29) is 41.9 Å². The average Bonchev–Trinajstić information content (AvgIpc) is 2.12. The largest absolute Gasteiger partial charge is 0.479 e. The molecule has 1 N–H and O–H groups in total. The summed E-state index contributed by atoms with van der Waals surface area (Å²) in [5.41, 5.74) is 0. The molecule has 0 bridgehead atoms. The third-order valence-electron chi connectivity index (χ3n) is 1.21. The Balaban J connectivity index is -0.000000213. The first-order chi connectivity index (χ1) is 3.80. The van der Waals surface area contributed by atoms with E-state index in [1.54, 1.807) is 0 Å². The van der Waals surface area contributed by atoms with Gasteiger partial charge in [0.05, 0.1) is 0 Å². The minimum Gasteiger partial charge on any atom is -0.479 e. The van der Waals surface area contributed by atoms with Crippen molar-refractivity contribution in [1.82, 2.24) is 0 Å². The smallest absolute Gasteiger partial charge is 0.332 e. The van der Waals surface area contributed by atoms with Gasteiger partial charge in [-0.25, -0.2) is 4.79 Å². The summed E-state index contributed by atoms with van der Waals surface area (Å²) in [6.45, 7) is 0.608. The normalized spacial score (nSPS) is 20.5. The summed E-state index contributed by atoms with van der Waals surface area (Å²) in [6.07, 6.45) is 1.04. The molecule has 1 heterocycles. The van der Waals surface area contributed by atoms with Crippen LogP contribution >= 0.6 is 24.8 Å². The number of carboxylic acid groups (broad SMARTS) is 1. The Kier molecular flexibility index (Phi) is 13.8. The van der Waals surface area contributed by atoms with Crippen LogP contribution in [0.4, 0.5) is 0 Å². The van der Waals surface area contributed by atoms with E-state index in [9.17, 15) is 4.79 Å². The zero-order chi connectivity index (χ0) is 5.98. The van der Waals surface area contributed by atoms with Crippen LogP contribution in [0.25, 0.3) is 0 Å². The van der Waals surface area contributed by atoms with Crippen LogP contribution in [0.15, 0.2) is 0 Å². The monoisotopic (exact) mass is 243 g/mol. The Hall–Kier alpha value is 0.529. The van der Waals surface area contributed by atoms with E-state index < -0.39 is 12.1 Å². The van der Waals surface area contributed by atoms with E-state index in [1.807, 2.05) is 0 Å². The molecule has 0 aromatic rings. The van der Waals surface area contributed by atoms with E-state index in [4.69, 9.17) is 9.84 Å². The number of carbonyl (C=O) groups is 1. The van der Waals surface area contributed by atoms with E-state index in [1.165, 1.54) is 0 Å². The predicted molar refractivity (Wildman–Crippen MR) is 41.1 cm³/mol. The van der Waals surface area contributed by atoms with Gasteiger partial charge in [0, 0.05) is 23.7 Å². The number of carboxylic acids is 1. The Morgan fingerprint density at radius 1 is 1.45 bits per heavy atom. The maximum absolute atomic E-state index is 10.1. The van der Waals surface area contributed by atoms with Crippen LogP contribution in [0.5, 0.6) is 0 Å². The van der Waals surface area contributed by atoms with Gasteiger partial charge in [-0.2, -0.15) is 0 Å². The third kappa shape index (κ3) is 5.76. The van der Waals surface area contributed by atoms with Crippen molar-refractivity contribution >= 4 is 30.8 Å². The predicted octanol–water partition coefficient (Wildman–Crippen LogP) is 1.09. The number of hydrogen-bond acceptors (Lipinski definition) is 2. The molecule has 0 saturated carbocycles. The van der Waals surface area contributed by atoms with E-state index in [0.717, 1.165) is 6.42 Å². The molecule has 0 spiro atoms. The van der Waals surface area contributed by atoms with Crippen LogP contribution in [0.1, 0.15) is 12.8 Å². The first-order valence-electron chi connectivity index (χ1n) is 2.65. The van der Waals surface area contributed by atoms with Gasteiger partial charge in [-0.05, 0) is 12.8 Å². The topological polar surface area (TPSA) is 46.5 Å². The van der Waals surface area contributed by atoms with Crippen LogP contribution in [-0.2, 0) is 26.6 Å². The molecule has 0 amide bonds. The SMILES string of the molecule is Cl.Cl.O=C(O)C1CCCO1.[Mn]. The molecular weight excluding hydrogens is 234 g/mol. The fourth-order valence-corrected chi connectivity index (χ4v) is 0.772. The van der Waals surface area contributed by atoms with Crippen molar-refractivity contribution in [3.63, 3.8) is 0 Å². The quantitative estimate of drug-likeness (QED) is 0.702. The Bertz CT molecular complexity index is 106. The van der Waals surface area contributed by atoms with E-state index in [2.05, 4.69) is 0 Å². The Morgan fingerprint density at radius 2 is 2.00 bits per heavy atom. The summed E-state index contributed by atoms with van der Waals surface area (Å²) in [6, 6.07) is 0. The van der Waals surface area contributed by atoms with Crippen LogP contribution in [0.3, 0.4) is 0 Å². The Labute approximate surface area is 88.2 Å². The molecule has 1 saturated heterocycles. The molecule has 11 heavy (non-hydrogen) atoms. The van der Waals surface area contributed by atoms with Crippen LogP contribution in [-0.4, -0.2) is 23.8 Å². The second kappa shape index (κ2) is 8.62. The van der Waals surface area contributed by atoms with Crippen molar-refractivity contribution < 1.29 is 31.7 Å². The molecule has 1 unspecified atom stereocenters. The summed E-state index contributed by atoms with van der Waals surface area (Å²) in [7, 11) is 0. The summed E-state index contributed by atoms with van der Waals surface area (Å²) in [5, 5.41) is 8.29. The summed E-state index contributed by atoms with van der Waals surface area (Å²) in [5.74, 6) is -0.831. The fraction of sp³-hybridized carbons (Fsp3) is 0.800. The standard InChI is InChI=1S/C5H8O3.2ClH.Mn/c6-5(7)4-2-1-3-8-4;;;/h4H,1-3H2,(H,6,7);2*1H;. The second-order valence-corrected chi connectivity index (χ2v) is 1.84. The number of aliphatic carboxylic acids is 1. The van der Waals surface area contributed by atoms with Gasteiger partial charge in [-0.3, -0.25) is 0 Å². The third-order valence-corrected chi connectivity index (χ3v) is 1.21. The van der Waals surface area contributed by atoms with Crippen LogP contribution in [0.2, 0.25) is 0 Å². The molecule has 1 fully saturated rings. The maximum Gasteiger partial charge on any atom is 0.332 e. The van der Waals surface area contributed by atoms with Gasteiger partial charge < -0.3 is 9.84 Å². The van der Waals surface area contributed by atoms with Gasteiger partial charge in [0.15, 0.2) is 6.10 Å². The molecular formula is C5H10Cl2MnO3. The number of halogens is 2. The minimum absolute atomic E-state index is 0. The van der Waals surface area contributed by atoms with Crippen molar-refractivity contribution in [2.24, 2.45) is 0 Å². The van der Waals surface area contributed by atoms with Crippen LogP contribution in [0, 0.1) is 0 Å². The first kappa shape index (κ1) is 17.6. The summed E-state index contributed by atoms with van der Waals surface area (Å²) < 4.78 is 4.81. The molecule has 6 heteroatoms. The molecule has 1 aliphatic heterocycles. The zero-order valence-electron chi connectivity index (χ0n) is 5.66. The fourth-order valence-electron chi connectivity index (χ4n) is 0.772. The Morgan fingerprint density at radius 3 is 2.18 bits per heavy atom. The molecule has 0 aliphatic carbocycles. The number of rotatable bonds is 1. The van der Waals surface area contributed by atoms with Gasteiger partial charge in [-0.15, -0.1) is 24.8 Å². The molecule has 1 radical (unpaired) electrons. The maximum atomic E-state index is 10.1. The van der Waals surface area contributed by atoms with E-state index in [0.29, 0.717) is 13.0 Å². The molecule has 1 atom stereocenters. The molecule has 69 valence electrons. The van der Waals surface area contributed by atoms with Crippen molar-refractivity contribution in [1.29, 1.82) is 0 Å². The molecule has 1 rings (SSSR count). The van der Waals surface area contributed by atoms with Crippen molar-refractivity contribution in [2.45, 2.75) is 18.9 Å².